The number of primary amides is 1. The summed E-state index contributed by atoms with van der Waals surface area (Å²) in [6.45, 7) is 3.48. The topological polar surface area (TPSA) is 139 Å². The lowest BCUT2D eigenvalue weighted by molar-refractivity contribution is -0.121. The molecule has 27 heavy (non-hydrogen) atoms. The minimum absolute atomic E-state index is 0.0943. The van der Waals surface area contributed by atoms with Gasteiger partial charge < -0.3 is 27.2 Å². The number of rotatable bonds is 6. The van der Waals surface area contributed by atoms with Crippen LogP contribution in [0.5, 0.6) is 0 Å². The van der Waals surface area contributed by atoms with Gasteiger partial charge in [0.2, 0.25) is 11.9 Å². The lowest BCUT2D eigenvalue weighted by atomic mass is 9.98. The Kier molecular flexibility index (Phi) is 5.18. The summed E-state index contributed by atoms with van der Waals surface area (Å²) in [5, 5.41) is 16.5. The van der Waals surface area contributed by atoms with Gasteiger partial charge in [0.05, 0.1) is 17.5 Å². The number of nitrogens with two attached hydrogens (primary N) is 2. The lowest BCUT2D eigenvalue weighted by Crippen LogP contribution is -2.23. The fourth-order valence-electron chi connectivity index (χ4n) is 3.21. The molecule has 1 heterocycles. The van der Waals surface area contributed by atoms with Gasteiger partial charge in [-0.2, -0.15) is 4.98 Å². The van der Waals surface area contributed by atoms with Crippen LogP contribution in [0.25, 0.3) is 0 Å². The Morgan fingerprint density at radius 2 is 1.96 bits per heavy atom. The highest BCUT2D eigenvalue weighted by molar-refractivity contribution is 5.77. The predicted octanol–water partition coefficient (Wildman–Crippen LogP) is 2.10. The maximum atomic E-state index is 11.3. The minimum Gasteiger partial charge on any atom is -0.394 e. The summed E-state index contributed by atoms with van der Waals surface area (Å²) in [5.74, 6) is 0.598. The summed E-state index contributed by atoms with van der Waals surface area (Å²) < 4.78 is 0. The molecular formula is C19H26N6O2. The molecular weight excluding hydrogens is 344 g/mol. The summed E-state index contributed by atoms with van der Waals surface area (Å²) in [5.41, 5.74) is 12.5. The number of carbonyl (C=O) groups is 1. The van der Waals surface area contributed by atoms with Crippen LogP contribution in [0.1, 0.15) is 38.7 Å². The van der Waals surface area contributed by atoms with Gasteiger partial charge in [0.25, 0.3) is 0 Å². The first kappa shape index (κ1) is 18.9. The maximum absolute atomic E-state index is 11.3. The molecule has 0 spiro atoms. The van der Waals surface area contributed by atoms with Crippen LogP contribution in [-0.2, 0) is 10.4 Å². The van der Waals surface area contributed by atoms with E-state index in [0.717, 1.165) is 24.1 Å². The van der Waals surface area contributed by atoms with Crippen LogP contribution < -0.4 is 22.1 Å². The second-order valence-corrected chi connectivity index (χ2v) is 7.51. The fraction of sp³-hybridized carbons (Fsp3) is 0.421. The molecule has 0 saturated heterocycles. The zero-order valence-corrected chi connectivity index (χ0v) is 15.6. The highest BCUT2D eigenvalue weighted by Crippen LogP contribution is 2.29. The number of hydrogen-bond donors (Lipinski definition) is 5. The molecule has 0 bridgehead atoms. The zero-order chi connectivity index (χ0) is 19.6. The van der Waals surface area contributed by atoms with E-state index < -0.39 is 5.60 Å². The monoisotopic (exact) mass is 370 g/mol. The van der Waals surface area contributed by atoms with Gasteiger partial charge >= 0.3 is 0 Å². The van der Waals surface area contributed by atoms with Crippen molar-refractivity contribution in [3.8, 4) is 0 Å². The van der Waals surface area contributed by atoms with Gasteiger partial charge in [0.15, 0.2) is 5.82 Å². The molecule has 2 aromatic rings. The number of aliphatic hydroxyl groups is 1. The highest BCUT2D eigenvalue weighted by atomic mass is 16.3. The van der Waals surface area contributed by atoms with Crippen LogP contribution in [0.4, 0.5) is 23.1 Å². The number of nitrogens with zero attached hydrogens (tertiary/aromatic N) is 2. The number of anilines is 4. The van der Waals surface area contributed by atoms with Crippen LogP contribution in [0.3, 0.4) is 0 Å². The number of nitrogen functional groups attached to an aromatic ring is 1. The smallest absolute Gasteiger partial charge is 0.224 e. The molecule has 8 heteroatoms. The Bertz CT molecular complexity index is 816. The van der Waals surface area contributed by atoms with E-state index in [0.29, 0.717) is 23.9 Å². The fourth-order valence-corrected chi connectivity index (χ4v) is 3.21. The SMILES string of the molecule is CC(C)(O)c1ccc(Nc2nc(NC3CC[C@@H](C(N)=O)C3)ncc2N)cc1. The molecule has 0 aliphatic heterocycles. The number of nitrogens with one attached hydrogen (secondary N) is 2. The highest BCUT2D eigenvalue weighted by Gasteiger charge is 2.28. The van der Waals surface area contributed by atoms with E-state index in [1.165, 1.54) is 0 Å². The average molecular weight is 370 g/mol. The quantitative estimate of drug-likeness (QED) is 0.524. The third kappa shape index (κ3) is 4.65. The number of amides is 1. The number of hydrogen-bond acceptors (Lipinski definition) is 7. The molecule has 1 fully saturated rings. The van der Waals surface area contributed by atoms with E-state index in [9.17, 15) is 9.90 Å². The van der Waals surface area contributed by atoms with Crippen molar-refractivity contribution in [2.24, 2.45) is 11.7 Å². The second-order valence-electron chi connectivity index (χ2n) is 7.51. The zero-order valence-electron chi connectivity index (χ0n) is 15.6. The van der Waals surface area contributed by atoms with Crippen molar-refractivity contribution in [3.05, 3.63) is 36.0 Å². The maximum Gasteiger partial charge on any atom is 0.224 e. The summed E-state index contributed by atoms with van der Waals surface area (Å²) in [6.07, 6.45) is 3.86. The van der Waals surface area contributed by atoms with Crippen LogP contribution in [-0.4, -0.2) is 27.0 Å². The van der Waals surface area contributed by atoms with Crippen molar-refractivity contribution in [2.75, 3.05) is 16.4 Å². The molecule has 144 valence electrons. The molecule has 1 unspecified atom stereocenters. The van der Waals surface area contributed by atoms with Crippen LogP contribution >= 0.6 is 0 Å². The number of benzene rings is 1. The first-order chi connectivity index (χ1) is 12.7. The lowest BCUT2D eigenvalue weighted by Gasteiger charge is -2.18. The van der Waals surface area contributed by atoms with Crippen molar-refractivity contribution in [1.29, 1.82) is 0 Å². The first-order valence-electron chi connectivity index (χ1n) is 9.00. The van der Waals surface area contributed by atoms with Crippen molar-refractivity contribution in [2.45, 2.75) is 44.8 Å². The Morgan fingerprint density at radius 1 is 1.26 bits per heavy atom. The number of aromatic nitrogens is 2. The van der Waals surface area contributed by atoms with Crippen LogP contribution in [0.2, 0.25) is 0 Å². The standard InChI is InChI=1S/C19H26N6O2/c1-19(2,27)12-4-7-13(8-5-12)23-17-15(20)10-22-18(25-17)24-14-6-3-11(9-14)16(21)26/h4-5,7-8,10-11,14,27H,3,6,9,20H2,1-2H3,(H2,21,26)(H2,22,23,24,25)/t11-,14?/m1/s1. The Balaban J connectivity index is 1.69. The molecule has 1 amide bonds. The molecule has 8 nitrogen and oxygen atoms in total. The minimum atomic E-state index is -0.895. The Morgan fingerprint density at radius 3 is 2.56 bits per heavy atom. The Labute approximate surface area is 158 Å². The normalized spacial score (nSPS) is 19.7. The van der Waals surface area contributed by atoms with Crippen molar-refractivity contribution >= 4 is 29.0 Å². The average Bonchev–Trinajstić information content (AvgIpc) is 3.06. The molecule has 1 aliphatic carbocycles. The van der Waals surface area contributed by atoms with E-state index in [2.05, 4.69) is 20.6 Å². The third-order valence-electron chi connectivity index (χ3n) is 4.84. The predicted molar refractivity (Wildman–Crippen MR) is 105 cm³/mol. The van der Waals surface area contributed by atoms with Gasteiger partial charge in [-0.05, 0) is 50.8 Å². The van der Waals surface area contributed by atoms with Gasteiger partial charge in [-0.3, -0.25) is 4.79 Å². The third-order valence-corrected chi connectivity index (χ3v) is 4.84. The van der Waals surface area contributed by atoms with Gasteiger partial charge in [-0.25, -0.2) is 4.98 Å². The Hall–Kier alpha value is -2.87. The van der Waals surface area contributed by atoms with Crippen molar-refractivity contribution < 1.29 is 9.90 Å². The number of carbonyl (C=O) groups excluding carboxylic acids is 1. The van der Waals surface area contributed by atoms with E-state index in [4.69, 9.17) is 11.5 Å². The largest absolute Gasteiger partial charge is 0.394 e. The van der Waals surface area contributed by atoms with Crippen LogP contribution in [0, 0.1) is 5.92 Å². The molecule has 1 saturated carbocycles. The molecule has 7 N–H and O–H groups in total. The molecule has 1 aliphatic rings. The van der Waals surface area contributed by atoms with Crippen molar-refractivity contribution in [3.63, 3.8) is 0 Å². The molecule has 2 atom stereocenters. The van der Waals surface area contributed by atoms with Gasteiger partial charge in [-0.1, -0.05) is 12.1 Å². The molecule has 1 aromatic carbocycles. The summed E-state index contributed by atoms with van der Waals surface area (Å²) >= 11 is 0. The second kappa shape index (κ2) is 7.40. The van der Waals surface area contributed by atoms with E-state index in [1.54, 1.807) is 20.0 Å². The summed E-state index contributed by atoms with van der Waals surface area (Å²) in [6, 6.07) is 7.53. The van der Waals surface area contributed by atoms with Gasteiger partial charge in [0.1, 0.15) is 0 Å². The summed E-state index contributed by atoms with van der Waals surface area (Å²) in [7, 11) is 0. The summed E-state index contributed by atoms with van der Waals surface area (Å²) in [4.78, 5) is 20.0. The van der Waals surface area contributed by atoms with Gasteiger partial charge in [0, 0.05) is 17.6 Å². The van der Waals surface area contributed by atoms with Gasteiger partial charge in [-0.15, -0.1) is 0 Å². The van der Waals surface area contributed by atoms with Crippen molar-refractivity contribution in [1.82, 2.24) is 9.97 Å². The van der Waals surface area contributed by atoms with Crippen LogP contribution in [0.15, 0.2) is 30.5 Å². The van der Waals surface area contributed by atoms with E-state index >= 15 is 0 Å². The first-order valence-corrected chi connectivity index (χ1v) is 9.00. The van der Waals surface area contributed by atoms with E-state index in [-0.39, 0.29) is 17.9 Å². The van der Waals surface area contributed by atoms with E-state index in [1.807, 2.05) is 24.3 Å². The molecule has 1 aromatic heterocycles. The molecule has 3 rings (SSSR count). The molecule has 0 radical (unpaired) electrons.